The molecule has 0 amide bonds. The highest BCUT2D eigenvalue weighted by Crippen LogP contribution is 2.13. The third kappa shape index (κ3) is 5.96. The van der Waals surface area contributed by atoms with Crippen molar-refractivity contribution in [1.29, 1.82) is 0 Å². The van der Waals surface area contributed by atoms with E-state index in [1.165, 1.54) is 19.1 Å². The molecule has 102 valence electrons. The van der Waals surface area contributed by atoms with E-state index in [-0.39, 0.29) is 5.75 Å². The minimum atomic E-state index is -4.69. The van der Waals surface area contributed by atoms with Gasteiger partial charge in [-0.05, 0) is 19.1 Å². The van der Waals surface area contributed by atoms with Gasteiger partial charge in [0.05, 0.1) is 6.10 Å². The van der Waals surface area contributed by atoms with Crippen molar-refractivity contribution >= 4 is 20.5 Å². The van der Waals surface area contributed by atoms with Gasteiger partial charge in [0.15, 0.2) is 0 Å². The third-order valence-corrected chi connectivity index (χ3v) is 3.59. The molecule has 0 aliphatic rings. The van der Waals surface area contributed by atoms with Gasteiger partial charge in [0.25, 0.3) is 0 Å². The lowest BCUT2D eigenvalue weighted by Gasteiger charge is -2.11. The van der Waals surface area contributed by atoms with Crippen molar-refractivity contribution in [2.24, 2.45) is 0 Å². The summed E-state index contributed by atoms with van der Waals surface area (Å²) in [6.07, 6.45) is -1.26. The molecule has 0 fully saturated rings. The second-order valence-electron chi connectivity index (χ2n) is 3.46. The van der Waals surface area contributed by atoms with Gasteiger partial charge in [-0.15, -0.1) is 0 Å². The SMILES string of the molecule is CC(CS(=O)(=O)Oc1ccccc1)OS(=O)(=O)O. The molecular formula is C9H12O7S2. The summed E-state index contributed by atoms with van der Waals surface area (Å²) in [6.45, 7) is 1.18. The molecule has 18 heavy (non-hydrogen) atoms. The standard InChI is InChI=1S/C9H12O7S2/c1-8(15-18(12,13)14)7-17(10,11)16-9-5-3-2-4-6-9/h2-6,8H,7H2,1H3,(H,12,13,14). The van der Waals surface area contributed by atoms with Crippen LogP contribution in [-0.2, 0) is 24.7 Å². The Labute approximate surface area is 105 Å². The van der Waals surface area contributed by atoms with Crippen LogP contribution in [0.25, 0.3) is 0 Å². The Morgan fingerprint density at radius 2 is 1.72 bits per heavy atom. The summed E-state index contributed by atoms with van der Waals surface area (Å²) in [5.41, 5.74) is 0. The first kappa shape index (κ1) is 14.9. The summed E-state index contributed by atoms with van der Waals surface area (Å²) >= 11 is 0. The Bertz CT molecular complexity index is 577. The Morgan fingerprint density at radius 3 is 2.22 bits per heavy atom. The topological polar surface area (TPSA) is 107 Å². The van der Waals surface area contributed by atoms with Crippen LogP contribution in [-0.4, -0.2) is 33.2 Å². The Balaban J connectivity index is 2.66. The molecule has 7 nitrogen and oxygen atoms in total. The molecule has 1 N–H and O–H groups in total. The fraction of sp³-hybridized carbons (Fsp3) is 0.333. The fourth-order valence-electron chi connectivity index (χ4n) is 1.18. The molecule has 0 aliphatic carbocycles. The van der Waals surface area contributed by atoms with E-state index in [0.717, 1.165) is 0 Å². The molecular weight excluding hydrogens is 284 g/mol. The van der Waals surface area contributed by atoms with Crippen LogP contribution in [0, 0.1) is 0 Å². The normalized spacial score (nSPS) is 14.1. The number of benzene rings is 1. The van der Waals surface area contributed by atoms with Gasteiger partial charge in [0.2, 0.25) is 0 Å². The highest BCUT2D eigenvalue weighted by molar-refractivity contribution is 7.87. The van der Waals surface area contributed by atoms with E-state index in [9.17, 15) is 16.8 Å². The van der Waals surface area contributed by atoms with Gasteiger partial charge in [-0.2, -0.15) is 16.8 Å². The molecule has 0 aliphatic heterocycles. The number of hydrogen-bond donors (Lipinski definition) is 1. The van der Waals surface area contributed by atoms with Crippen molar-refractivity contribution in [3.05, 3.63) is 30.3 Å². The van der Waals surface area contributed by atoms with Crippen LogP contribution in [0.5, 0.6) is 5.75 Å². The second-order valence-corrected chi connectivity index (χ2v) is 6.12. The predicted molar refractivity (Wildman–Crippen MR) is 63.0 cm³/mol. The van der Waals surface area contributed by atoms with Crippen LogP contribution in [0.15, 0.2) is 30.3 Å². The maximum atomic E-state index is 11.5. The van der Waals surface area contributed by atoms with E-state index in [4.69, 9.17) is 8.74 Å². The van der Waals surface area contributed by atoms with Crippen LogP contribution in [0.1, 0.15) is 6.92 Å². The average Bonchev–Trinajstić information content (AvgIpc) is 2.13. The summed E-state index contributed by atoms with van der Waals surface area (Å²) in [6, 6.07) is 7.73. The Morgan fingerprint density at radius 1 is 1.17 bits per heavy atom. The van der Waals surface area contributed by atoms with Crippen molar-refractivity contribution in [2.75, 3.05) is 5.75 Å². The molecule has 1 aromatic carbocycles. The summed E-state index contributed by atoms with van der Waals surface area (Å²) in [5, 5.41) is 0. The largest absolute Gasteiger partial charge is 0.397 e. The monoisotopic (exact) mass is 296 g/mol. The zero-order chi connectivity index (χ0) is 13.8. The van der Waals surface area contributed by atoms with Crippen molar-refractivity contribution in [2.45, 2.75) is 13.0 Å². The van der Waals surface area contributed by atoms with Crippen LogP contribution in [0.4, 0.5) is 0 Å². The lowest BCUT2D eigenvalue weighted by atomic mass is 10.3. The Kier molecular flexibility index (Phi) is 4.68. The van der Waals surface area contributed by atoms with E-state index in [0.29, 0.717) is 0 Å². The molecule has 0 heterocycles. The third-order valence-electron chi connectivity index (χ3n) is 1.69. The zero-order valence-corrected chi connectivity index (χ0v) is 11.0. The molecule has 0 saturated carbocycles. The molecule has 0 aromatic heterocycles. The van der Waals surface area contributed by atoms with Crippen LogP contribution >= 0.6 is 0 Å². The minimum absolute atomic E-state index is 0.108. The average molecular weight is 296 g/mol. The second kappa shape index (κ2) is 5.65. The van der Waals surface area contributed by atoms with Gasteiger partial charge in [-0.25, -0.2) is 4.18 Å². The van der Waals surface area contributed by atoms with Crippen LogP contribution < -0.4 is 4.18 Å². The van der Waals surface area contributed by atoms with Crippen molar-refractivity contribution in [1.82, 2.24) is 0 Å². The van der Waals surface area contributed by atoms with Gasteiger partial charge in [-0.1, -0.05) is 18.2 Å². The molecule has 1 rings (SSSR count). The van der Waals surface area contributed by atoms with Crippen molar-refractivity contribution < 1.29 is 29.8 Å². The molecule has 9 heteroatoms. The summed E-state index contributed by atoms with van der Waals surface area (Å²) in [7, 11) is -8.70. The van der Waals surface area contributed by atoms with E-state index < -0.39 is 32.4 Å². The van der Waals surface area contributed by atoms with Gasteiger partial charge in [0.1, 0.15) is 11.5 Å². The quantitative estimate of drug-likeness (QED) is 0.605. The summed E-state index contributed by atoms with van der Waals surface area (Å²) in [5.74, 6) is -0.599. The summed E-state index contributed by atoms with van der Waals surface area (Å²) < 4.78 is 61.0. The molecule has 1 atom stereocenters. The molecule has 1 unspecified atom stereocenters. The molecule has 0 bridgehead atoms. The number of hydrogen-bond acceptors (Lipinski definition) is 6. The highest BCUT2D eigenvalue weighted by atomic mass is 32.3. The van der Waals surface area contributed by atoms with E-state index in [1.54, 1.807) is 18.2 Å². The number of para-hydroxylation sites is 1. The van der Waals surface area contributed by atoms with Gasteiger partial charge in [-0.3, -0.25) is 4.55 Å². The minimum Gasteiger partial charge on any atom is -0.382 e. The number of rotatable bonds is 6. The lowest BCUT2D eigenvalue weighted by molar-refractivity contribution is 0.213. The molecule has 1 aromatic rings. The van der Waals surface area contributed by atoms with E-state index in [1.807, 2.05) is 0 Å². The van der Waals surface area contributed by atoms with Gasteiger partial charge >= 0.3 is 20.5 Å². The first-order chi connectivity index (χ1) is 8.18. The lowest BCUT2D eigenvalue weighted by Crippen LogP contribution is -2.26. The van der Waals surface area contributed by atoms with E-state index >= 15 is 0 Å². The zero-order valence-electron chi connectivity index (χ0n) is 9.38. The molecule has 0 saturated heterocycles. The summed E-state index contributed by atoms with van der Waals surface area (Å²) in [4.78, 5) is 0. The molecule has 0 radical (unpaired) electrons. The maximum absolute atomic E-state index is 11.5. The molecule has 0 spiro atoms. The predicted octanol–water partition coefficient (Wildman–Crippen LogP) is 0.603. The first-order valence-corrected chi connectivity index (χ1v) is 7.75. The van der Waals surface area contributed by atoms with E-state index in [2.05, 4.69) is 4.18 Å². The van der Waals surface area contributed by atoms with Crippen molar-refractivity contribution in [3.8, 4) is 5.75 Å². The fourth-order valence-corrected chi connectivity index (χ4v) is 2.86. The first-order valence-electron chi connectivity index (χ1n) is 4.81. The Hall–Kier alpha value is -1.16. The van der Waals surface area contributed by atoms with Crippen LogP contribution in [0.2, 0.25) is 0 Å². The van der Waals surface area contributed by atoms with Crippen LogP contribution in [0.3, 0.4) is 0 Å². The maximum Gasteiger partial charge on any atom is 0.397 e. The smallest absolute Gasteiger partial charge is 0.382 e. The van der Waals surface area contributed by atoms with Gasteiger partial charge in [0, 0.05) is 0 Å². The van der Waals surface area contributed by atoms with Gasteiger partial charge < -0.3 is 4.18 Å². The highest BCUT2D eigenvalue weighted by Gasteiger charge is 2.22. The van der Waals surface area contributed by atoms with Crippen molar-refractivity contribution in [3.63, 3.8) is 0 Å².